The third-order valence-electron chi connectivity index (χ3n) is 1.90. The third-order valence-corrected chi connectivity index (χ3v) is 1.90. The van der Waals surface area contributed by atoms with Gasteiger partial charge in [-0.1, -0.05) is 0 Å². The van der Waals surface area contributed by atoms with Gasteiger partial charge >= 0.3 is 0 Å². The first-order chi connectivity index (χ1) is 5.46. The van der Waals surface area contributed by atoms with Crippen molar-refractivity contribution in [2.75, 3.05) is 0 Å². The molecule has 2 atom stereocenters. The molecule has 1 saturated heterocycles. The highest BCUT2D eigenvalue weighted by atomic mass is 16.5. The smallest absolute Gasteiger partial charge is 0.271 e. The van der Waals surface area contributed by atoms with Crippen LogP contribution in [0, 0.1) is 0 Å². The van der Waals surface area contributed by atoms with Gasteiger partial charge in [0.15, 0.2) is 0 Å². The van der Waals surface area contributed by atoms with Gasteiger partial charge in [-0.05, 0) is 13.8 Å². The molecule has 2 N–H and O–H groups in total. The van der Waals surface area contributed by atoms with E-state index in [1.807, 2.05) is 0 Å². The lowest BCUT2D eigenvalue weighted by Crippen LogP contribution is -2.60. The molecule has 0 aromatic heterocycles. The van der Waals surface area contributed by atoms with Gasteiger partial charge in [-0.15, -0.1) is 0 Å². The lowest BCUT2D eigenvalue weighted by molar-refractivity contribution is -0.226. The summed E-state index contributed by atoms with van der Waals surface area (Å²) in [4.78, 5) is 22.0. The molecule has 1 rings (SSSR count). The fourth-order valence-corrected chi connectivity index (χ4v) is 0.974. The summed E-state index contributed by atoms with van der Waals surface area (Å²) in [6, 6.07) is -2.03. The van der Waals surface area contributed by atoms with E-state index in [0.29, 0.717) is 10.1 Å². The van der Waals surface area contributed by atoms with Gasteiger partial charge in [0.05, 0.1) is 0 Å². The Kier molecular flexibility index (Phi) is 2.03. The van der Waals surface area contributed by atoms with Crippen LogP contribution in [0.2, 0.25) is 0 Å². The summed E-state index contributed by atoms with van der Waals surface area (Å²) in [5.41, 5.74) is 0. The predicted octanol–water partition coefficient (Wildman–Crippen LogP) is -0.787. The summed E-state index contributed by atoms with van der Waals surface area (Å²) < 4.78 is 0. The molecule has 6 heteroatoms. The number of hydrogen-bond donors (Lipinski definition) is 2. The first kappa shape index (κ1) is 8.95. The first-order valence-corrected chi connectivity index (χ1v) is 3.50. The molecule has 0 aliphatic carbocycles. The molecule has 1 aliphatic heterocycles. The van der Waals surface area contributed by atoms with E-state index in [1.54, 1.807) is 0 Å². The Bertz CT molecular complexity index is 186. The highest BCUT2D eigenvalue weighted by Crippen LogP contribution is 2.13. The van der Waals surface area contributed by atoms with Crippen LogP contribution in [0.3, 0.4) is 0 Å². The highest BCUT2D eigenvalue weighted by Gasteiger charge is 2.41. The zero-order valence-corrected chi connectivity index (χ0v) is 6.76. The topological polar surface area (TPSA) is 81.1 Å². The van der Waals surface area contributed by atoms with Crippen LogP contribution in [-0.2, 0) is 9.59 Å². The van der Waals surface area contributed by atoms with Crippen molar-refractivity contribution in [1.82, 2.24) is 10.1 Å². The molecule has 68 valence electrons. The van der Waals surface area contributed by atoms with Crippen LogP contribution in [0.25, 0.3) is 0 Å². The van der Waals surface area contributed by atoms with Crippen LogP contribution in [0.15, 0.2) is 0 Å². The summed E-state index contributed by atoms with van der Waals surface area (Å²) in [6.07, 6.45) is 0. The maximum absolute atomic E-state index is 11.0. The molecule has 1 heterocycles. The van der Waals surface area contributed by atoms with Crippen molar-refractivity contribution in [3.05, 3.63) is 0 Å². The quantitative estimate of drug-likeness (QED) is 0.472. The Hall–Kier alpha value is -1.14. The summed E-state index contributed by atoms with van der Waals surface area (Å²) in [5, 5.41) is 18.7. The fraction of sp³-hybridized carbons (Fsp3) is 0.667. The Labute approximate surface area is 68.9 Å². The van der Waals surface area contributed by atoms with E-state index < -0.39 is 23.9 Å². The number of amides is 2. The fourth-order valence-electron chi connectivity index (χ4n) is 0.974. The van der Waals surface area contributed by atoms with Crippen molar-refractivity contribution >= 4 is 11.8 Å². The Morgan fingerprint density at radius 2 is 1.25 bits per heavy atom. The van der Waals surface area contributed by atoms with Crippen molar-refractivity contribution in [2.45, 2.75) is 25.9 Å². The average molecular weight is 174 g/mol. The average Bonchev–Trinajstić information content (AvgIpc) is 2.08. The van der Waals surface area contributed by atoms with Crippen LogP contribution in [0.1, 0.15) is 13.8 Å². The number of carbonyl (C=O) groups excluding carboxylic acids is 2. The van der Waals surface area contributed by atoms with Gasteiger partial charge in [-0.3, -0.25) is 20.0 Å². The summed E-state index contributed by atoms with van der Waals surface area (Å²) in [5.74, 6) is -1.38. The number of nitrogens with zero attached hydrogens (tertiary/aromatic N) is 2. The van der Waals surface area contributed by atoms with Crippen molar-refractivity contribution in [3.63, 3.8) is 0 Å². The monoisotopic (exact) mass is 174 g/mol. The maximum atomic E-state index is 11.0. The summed E-state index contributed by atoms with van der Waals surface area (Å²) in [6.45, 7) is 2.66. The first-order valence-electron chi connectivity index (χ1n) is 3.50. The van der Waals surface area contributed by atoms with Gasteiger partial charge in [-0.2, -0.15) is 0 Å². The number of carbonyl (C=O) groups is 2. The largest absolute Gasteiger partial charge is 0.285 e. The number of piperazine rings is 1. The van der Waals surface area contributed by atoms with Crippen LogP contribution in [0.5, 0.6) is 0 Å². The lowest BCUT2D eigenvalue weighted by Gasteiger charge is -2.35. The molecule has 12 heavy (non-hydrogen) atoms. The molecular formula is C6H10N2O4. The van der Waals surface area contributed by atoms with Crippen molar-refractivity contribution < 1.29 is 20.0 Å². The molecule has 1 aliphatic rings. The van der Waals surface area contributed by atoms with Crippen molar-refractivity contribution in [1.29, 1.82) is 0 Å². The van der Waals surface area contributed by atoms with E-state index in [9.17, 15) is 9.59 Å². The maximum Gasteiger partial charge on any atom is 0.271 e. The van der Waals surface area contributed by atoms with Gasteiger partial charge in [0.25, 0.3) is 11.8 Å². The summed E-state index contributed by atoms with van der Waals surface area (Å²) in [7, 11) is 0. The van der Waals surface area contributed by atoms with Gasteiger partial charge in [-0.25, -0.2) is 10.1 Å². The second kappa shape index (κ2) is 2.72. The van der Waals surface area contributed by atoms with Gasteiger partial charge in [0, 0.05) is 0 Å². The standard InChI is InChI=1S/C6H10N2O4/c1-3-5(9)8(12)4(2)6(10)7(3)11/h3-4,11-12H,1-2H3/t3-,4-/m1/s1. The van der Waals surface area contributed by atoms with Gasteiger partial charge in [0.1, 0.15) is 12.1 Å². The minimum Gasteiger partial charge on any atom is -0.285 e. The van der Waals surface area contributed by atoms with Crippen molar-refractivity contribution in [2.24, 2.45) is 0 Å². The molecule has 0 saturated carbocycles. The van der Waals surface area contributed by atoms with Crippen LogP contribution < -0.4 is 0 Å². The number of hydrogen-bond acceptors (Lipinski definition) is 4. The second-order valence-electron chi connectivity index (χ2n) is 2.72. The highest BCUT2D eigenvalue weighted by molar-refractivity contribution is 5.94. The number of rotatable bonds is 0. The second-order valence-corrected chi connectivity index (χ2v) is 2.72. The molecule has 1 fully saturated rings. The van der Waals surface area contributed by atoms with E-state index >= 15 is 0 Å². The molecule has 6 nitrogen and oxygen atoms in total. The minimum atomic E-state index is -1.02. The third kappa shape index (κ3) is 1.05. The zero-order valence-electron chi connectivity index (χ0n) is 6.76. The van der Waals surface area contributed by atoms with Gasteiger partial charge in [0.2, 0.25) is 0 Å². The molecule has 0 unspecified atom stereocenters. The molecular weight excluding hydrogens is 164 g/mol. The van der Waals surface area contributed by atoms with E-state index in [4.69, 9.17) is 10.4 Å². The molecule has 2 amide bonds. The Morgan fingerprint density at radius 3 is 1.50 bits per heavy atom. The van der Waals surface area contributed by atoms with Gasteiger partial charge < -0.3 is 0 Å². The molecule has 0 aromatic rings. The Morgan fingerprint density at radius 1 is 1.00 bits per heavy atom. The van der Waals surface area contributed by atoms with E-state index in [-0.39, 0.29) is 0 Å². The molecule has 0 spiro atoms. The zero-order chi connectivity index (χ0) is 9.46. The van der Waals surface area contributed by atoms with Crippen LogP contribution in [-0.4, -0.2) is 44.4 Å². The van der Waals surface area contributed by atoms with E-state index in [2.05, 4.69) is 0 Å². The minimum absolute atomic E-state index is 0.333. The number of hydroxylamine groups is 4. The van der Waals surface area contributed by atoms with Crippen molar-refractivity contribution in [3.8, 4) is 0 Å². The molecule has 0 bridgehead atoms. The Balaban J connectivity index is 2.91. The molecule has 0 aromatic carbocycles. The van der Waals surface area contributed by atoms with Crippen LogP contribution >= 0.6 is 0 Å². The predicted molar refractivity (Wildman–Crippen MR) is 36.2 cm³/mol. The van der Waals surface area contributed by atoms with E-state index in [1.165, 1.54) is 13.8 Å². The van der Waals surface area contributed by atoms with E-state index in [0.717, 1.165) is 0 Å². The summed E-state index contributed by atoms with van der Waals surface area (Å²) >= 11 is 0. The van der Waals surface area contributed by atoms with Crippen LogP contribution in [0.4, 0.5) is 0 Å². The SMILES string of the molecule is C[C@@H]1C(=O)N(O)[C@H](C)C(=O)N1O. The molecule has 0 radical (unpaired) electrons. The lowest BCUT2D eigenvalue weighted by atomic mass is 10.1. The normalized spacial score (nSPS) is 31.3.